The lowest BCUT2D eigenvalue weighted by atomic mass is 9.75. The molecule has 18 heteroatoms. The van der Waals surface area contributed by atoms with Gasteiger partial charge in [-0.2, -0.15) is 26.3 Å². The van der Waals surface area contributed by atoms with Crippen molar-refractivity contribution in [1.29, 1.82) is 0 Å². The van der Waals surface area contributed by atoms with Crippen LogP contribution in [0.3, 0.4) is 0 Å². The number of hydrogen-bond donors (Lipinski definition) is 7. The van der Waals surface area contributed by atoms with Crippen molar-refractivity contribution < 1.29 is 50.9 Å². The first-order valence-corrected chi connectivity index (χ1v) is 15.2. The zero-order valence-electron chi connectivity index (χ0n) is 27.4. The number of nitrogens with two attached hydrogens (primary N) is 4. The van der Waals surface area contributed by atoms with Crippen LogP contribution in [0.2, 0.25) is 0 Å². The van der Waals surface area contributed by atoms with Crippen molar-refractivity contribution in [3.05, 3.63) is 96.1 Å². The van der Waals surface area contributed by atoms with Gasteiger partial charge in [0.05, 0.1) is 12.0 Å². The summed E-state index contributed by atoms with van der Waals surface area (Å²) in [6, 6.07) is 28.9. The molecule has 12 nitrogen and oxygen atoms in total. The molecule has 0 fully saturated rings. The molecule has 1 amide bonds. The minimum atomic E-state index is -5.08. The molecule has 0 spiro atoms. The number of carboxylic acids is 2. The number of benzene rings is 4. The summed E-state index contributed by atoms with van der Waals surface area (Å²) < 4.78 is 63.5. The molecule has 4 aromatic carbocycles. The molecular weight excluding hydrogens is 700 g/mol. The molecule has 4 aromatic rings. The standard InChI is InChI=1S/C30H35N7O.2C2HF3O2/c31-28(32)36-15-5-14-35-27(38)30(20-37-29(33)34,18-21-10-12-23-6-1-3-8-25(23)16-21)19-22-11-13-24-7-2-4-9-26(24)17-22;2*3-2(4,5)1(6)7/h1-4,6-13,16-17H,5,14-15,18-20H2,(H,35,38)(H4,31,32,36)(H4,33,34,37);2*(H,6,7). The number of nitrogens with one attached hydrogen (secondary N) is 1. The fourth-order valence-corrected chi connectivity index (χ4v) is 4.80. The molecule has 0 radical (unpaired) electrons. The van der Waals surface area contributed by atoms with E-state index in [4.69, 9.17) is 42.7 Å². The molecule has 0 atom stereocenters. The molecule has 0 aliphatic rings. The fraction of sp³-hybridized carbons (Fsp3) is 0.265. The lowest BCUT2D eigenvalue weighted by Crippen LogP contribution is -2.47. The molecule has 0 unspecified atom stereocenters. The second-order valence-electron chi connectivity index (χ2n) is 11.3. The van der Waals surface area contributed by atoms with Gasteiger partial charge in [0.15, 0.2) is 11.9 Å². The summed E-state index contributed by atoms with van der Waals surface area (Å²) in [5.41, 5.74) is 23.5. The third-order valence-electron chi connectivity index (χ3n) is 7.16. The maximum absolute atomic E-state index is 14.0. The predicted molar refractivity (Wildman–Crippen MR) is 184 cm³/mol. The highest BCUT2D eigenvalue weighted by atomic mass is 19.4. The summed E-state index contributed by atoms with van der Waals surface area (Å²) in [4.78, 5) is 40.1. The summed E-state index contributed by atoms with van der Waals surface area (Å²) in [5.74, 6) is -5.65. The van der Waals surface area contributed by atoms with E-state index < -0.39 is 29.7 Å². The molecule has 0 bridgehead atoms. The Morgan fingerprint density at radius 3 is 1.37 bits per heavy atom. The van der Waals surface area contributed by atoms with E-state index in [9.17, 15) is 31.1 Å². The van der Waals surface area contributed by atoms with E-state index in [0.29, 0.717) is 32.4 Å². The SMILES string of the molecule is NC(N)=NCCCNC(=O)C(CN=C(N)N)(Cc1ccc2ccccc2c1)Cc1ccc2ccccc2c1.O=C(O)C(F)(F)F.O=C(O)C(F)(F)F. The molecule has 280 valence electrons. The van der Waals surface area contributed by atoms with Crippen molar-refractivity contribution in [2.75, 3.05) is 19.6 Å². The second kappa shape index (κ2) is 18.8. The van der Waals surface area contributed by atoms with E-state index in [2.05, 4.69) is 76.0 Å². The number of aliphatic carboxylic acids is 2. The third-order valence-corrected chi connectivity index (χ3v) is 7.16. The Balaban J connectivity index is 0.000000564. The van der Waals surface area contributed by atoms with Crippen molar-refractivity contribution >= 4 is 51.3 Å². The number of amides is 1. The Bertz CT molecular complexity index is 1780. The minimum Gasteiger partial charge on any atom is -0.475 e. The predicted octanol–water partition coefficient (Wildman–Crippen LogP) is 4.08. The van der Waals surface area contributed by atoms with Gasteiger partial charge in [-0.15, -0.1) is 0 Å². The van der Waals surface area contributed by atoms with E-state index in [1.165, 1.54) is 0 Å². The van der Waals surface area contributed by atoms with E-state index in [-0.39, 0.29) is 24.4 Å². The maximum atomic E-state index is 14.0. The Morgan fingerprint density at radius 1 is 0.615 bits per heavy atom. The topological polar surface area (TPSA) is 232 Å². The van der Waals surface area contributed by atoms with Crippen molar-refractivity contribution in [1.82, 2.24) is 5.32 Å². The van der Waals surface area contributed by atoms with Crippen LogP contribution < -0.4 is 28.3 Å². The highest BCUT2D eigenvalue weighted by Crippen LogP contribution is 2.32. The van der Waals surface area contributed by atoms with Crippen LogP contribution in [0.25, 0.3) is 21.5 Å². The minimum absolute atomic E-state index is 0.0334. The summed E-state index contributed by atoms with van der Waals surface area (Å²) in [6.45, 7) is 1.00. The average Bonchev–Trinajstić information content (AvgIpc) is 3.06. The Hall–Kier alpha value is -6.07. The van der Waals surface area contributed by atoms with Gasteiger partial charge in [0, 0.05) is 13.1 Å². The molecule has 52 heavy (non-hydrogen) atoms. The summed E-state index contributed by atoms with van der Waals surface area (Å²) in [5, 5.41) is 21.9. The number of alkyl halides is 6. The fourth-order valence-electron chi connectivity index (χ4n) is 4.80. The van der Waals surface area contributed by atoms with Crippen LogP contribution in [0, 0.1) is 5.41 Å². The Labute approximate surface area is 293 Å². The van der Waals surface area contributed by atoms with Crippen molar-refractivity contribution in [3.8, 4) is 0 Å². The lowest BCUT2D eigenvalue weighted by molar-refractivity contribution is -0.193. The molecule has 0 aliphatic heterocycles. The highest BCUT2D eigenvalue weighted by Gasteiger charge is 2.40. The van der Waals surface area contributed by atoms with Crippen LogP contribution in [0.1, 0.15) is 17.5 Å². The molecule has 0 saturated heterocycles. The number of carbonyl (C=O) groups is 3. The first-order chi connectivity index (χ1) is 24.2. The number of rotatable bonds is 11. The maximum Gasteiger partial charge on any atom is 0.490 e. The number of halogens is 6. The molecule has 0 aliphatic carbocycles. The number of guanidine groups is 2. The van der Waals surface area contributed by atoms with E-state index in [0.717, 1.165) is 32.7 Å². The van der Waals surface area contributed by atoms with Crippen molar-refractivity contribution in [2.45, 2.75) is 31.6 Å². The zero-order chi connectivity index (χ0) is 39.1. The Morgan fingerprint density at radius 2 is 1.00 bits per heavy atom. The van der Waals surface area contributed by atoms with Crippen molar-refractivity contribution in [2.24, 2.45) is 38.3 Å². The van der Waals surface area contributed by atoms with Gasteiger partial charge in [-0.3, -0.25) is 14.8 Å². The van der Waals surface area contributed by atoms with E-state index in [1.54, 1.807) is 0 Å². The normalized spacial score (nSPS) is 11.3. The lowest BCUT2D eigenvalue weighted by Gasteiger charge is -2.32. The zero-order valence-corrected chi connectivity index (χ0v) is 27.4. The van der Waals surface area contributed by atoms with Gasteiger partial charge >= 0.3 is 24.3 Å². The van der Waals surface area contributed by atoms with E-state index in [1.807, 2.05) is 24.3 Å². The van der Waals surface area contributed by atoms with Gasteiger partial charge in [-0.25, -0.2) is 9.59 Å². The largest absolute Gasteiger partial charge is 0.490 e. The first kappa shape index (κ1) is 42.1. The van der Waals surface area contributed by atoms with Crippen molar-refractivity contribution in [3.63, 3.8) is 0 Å². The van der Waals surface area contributed by atoms with Crippen LogP contribution in [-0.4, -0.2) is 72.0 Å². The van der Waals surface area contributed by atoms with Gasteiger partial charge in [0.25, 0.3) is 0 Å². The van der Waals surface area contributed by atoms with Gasteiger partial charge in [0.2, 0.25) is 5.91 Å². The van der Waals surface area contributed by atoms with Crippen LogP contribution >= 0.6 is 0 Å². The van der Waals surface area contributed by atoms with Gasteiger partial charge in [-0.1, -0.05) is 84.9 Å². The second-order valence-corrected chi connectivity index (χ2v) is 11.3. The summed E-state index contributed by atoms with van der Waals surface area (Å²) in [7, 11) is 0. The number of hydrogen-bond acceptors (Lipinski definition) is 5. The van der Waals surface area contributed by atoms with Crippen LogP contribution in [0.15, 0.2) is 94.9 Å². The Kier molecular flexibility index (Phi) is 15.2. The number of carboxylic acid groups (broad SMARTS) is 2. The average molecular weight is 738 g/mol. The van der Waals surface area contributed by atoms with Crippen LogP contribution in [-0.2, 0) is 27.2 Å². The number of fused-ring (bicyclic) bond motifs is 2. The molecule has 0 aromatic heterocycles. The summed E-state index contributed by atoms with van der Waals surface area (Å²) in [6.07, 6.45) is -8.64. The third kappa shape index (κ3) is 14.0. The van der Waals surface area contributed by atoms with Crippen LogP contribution in [0.4, 0.5) is 26.3 Å². The monoisotopic (exact) mass is 737 g/mol. The molecule has 4 rings (SSSR count). The highest BCUT2D eigenvalue weighted by molar-refractivity contribution is 5.87. The number of aliphatic imine (C=N–C) groups is 2. The number of nitrogens with zero attached hydrogens (tertiary/aromatic N) is 2. The first-order valence-electron chi connectivity index (χ1n) is 15.2. The molecular formula is C34H37F6N7O5. The van der Waals surface area contributed by atoms with Gasteiger partial charge < -0.3 is 38.5 Å². The van der Waals surface area contributed by atoms with E-state index >= 15 is 0 Å². The summed E-state index contributed by atoms with van der Waals surface area (Å²) >= 11 is 0. The smallest absolute Gasteiger partial charge is 0.475 e. The van der Waals surface area contributed by atoms with Crippen LogP contribution in [0.5, 0.6) is 0 Å². The number of carbonyl (C=O) groups excluding carboxylic acids is 1. The molecule has 0 heterocycles. The van der Waals surface area contributed by atoms with Gasteiger partial charge in [0.1, 0.15) is 0 Å². The quantitative estimate of drug-likeness (QED) is 0.0508. The molecule has 11 N–H and O–H groups in total. The van der Waals surface area contributed by atoms with Gasteiger partial charge in [-0.05, 0) is 51.9 Å². The molecule has 0 saturated carbocycles.